The van der Waals surface area contributed by atoms with E-state index in [1.54, 1.807) is 18.2 Å². The predicted molar refractivity (Wildman–Crippen MR) is 151 cm³/mol. The molecule has 3 aromatic rings. The summed E-state index contributed by atoms with van der Waals surface area (Å²) in [4.78, 5) is 34.7. The standard InChI is InChI=1S/C29H31ClFN5O4/c1-2-27(37)35-25-14-21-24(32-17-33-29(21)34-19-5-6-23(31)22(30)12-19)15-26(25)39-11-3-4-18-7-9-36(10-8-18)20-13-28(38)40-16-20/h2,5-6,12,14-15,17-18,20H,1,3-4,7-11,13,16H2,(H,35,37)(H,32,33,34). The van der Waals surface area contributed by atoms with Crippen molar-refractivity contribution in [1.82, 2.24) is 14.9 Å². The minimum absolute atomic E-state index is 0.0107. The normalized spacial score (nSPS) is 17.9. The number of hydrogen-bond acceptors (Lipinski definition) is 8. The van der Waals surface area contributed by atoms with Crippen LogP contribution in [0.3, 0.4) is 0 Å². The Morgan fingerprint density at radius 2 is 2.08 bits per heavy atom. The lowest BCUT2D eigenvalue weighted by atomic mass is 9.91. The van der Waals surface area contributed by atoms with Gasteiger partial charge in [0.2, 0.25) is 5.91 Å². The summed E-state index contributed by atoms with van der Waals surface area (Å²) in [5, 5.41) is 6.57. The van der Waals surface area contributed by atoms with Gasteiger partial charge in [0, 0.05) is 17.1 Å². The number of hydrogen-bond donors (Lipinski definition) is 2. The minimum Gasteiger partial charge on any atom is -0.491 e. The number of amides is 1. The van der Waals surface area contributed by atoms with E-state index in [0.29, 0.717) is 59.4 Å². The zero-order chi connectivity index (χ0) is 28.1. The average molecular weight is 568 g/mol. The first-order valence-electron chi connectivity index (χ1n) is 13.4. The van der Waals surface area contributed by atoms with Crippen LogP contribution in [-0.4, -0.2) is 59.1 Å². The Hall–Kier alpha value is -3.76. The lowest BCUT2D eigenvalue weighted by Gasteiger charge is -2.34. The number of carbonyl (C=O) groups excluding carboxylic acids is 2. The van der Waals surface area contributed by atoms with Gasteiger partial charge in [-0.15, -0.1) is 0 Å². The van der Waals surface area contributed by atoms with Gasteiger partial charge in [-0.3, -0.25) is 14.5 Å². The highest BCUT2D eigenvalue weighted by molar-refractivity contribution is 6.31. The van der Waals surface area contributed by atoms with Gasteiger partial charge in [-0.05, 0) is 75.0 Å². The second kappa shape index (κ2) is 12.6. The maximum atomic E-state index is 13.6. The van der Waals surface area contributed by atoms with Gasteiger partial charge < -0.3 is 20.1 Å². The number of fused-ring (bicyclic) bond motifs is 1. The van der Waals surface area contributed by atoms with Gasteiger partial charge in [0.15, 0.2) is 0 Å². The number of ether oxygens (including phenoxy) is 2. The number of anilines is 3. The molecule has 2 fully saturated rings. The number of nitrogens with one attached hydrogen (secondary N) is 2. The van der Waals surface area contributed by atoms with Crippen LogP contribution in [0.4, 0.5) is 21.6 Å². The molecule has 11 heteroatoms. The summed E-state index contributed by atoms with van der Waals surface area (Å²) in [5.74, 6) is 0.584. The molecule has 1 atom stereocenters. The van der Waals surface area contributed by atoms with Crippen molar-refractivity contribution < 1.29 is 23.5 Å². The average Bonchev–Trinajstić information content (AvgIpc) is 3.40. The van der Waals surface area contributed by atoms with Crippen LogP contribution in [0.25, 0.3) is 10.9 Å². The first-order valence-corrected chi connectivity index (χ1v) is 13.7. The van der Waals surface area contributed by atoms with Gasteiger partial charge >= 0.3 is 5.97 Å². The van der Waals surface area contributed by atoms with E-state index in [1.807, 2.05) is 0 Å². The molecular weight excluding hydrogens is 537 g/mol. The van der Waals surface area contributed by atoms with E-state index in [2.05, 4.69) is 32.1 Å². The Bertz CT molecular complexity index is 1410. The lowest BCUT2D eigenvalue weighted by Crippen LogP contribution is -2.41. The highest BCUT2D eigenvalue weighted by Gasteiger charge is 2.31. The molecule has 2 saturated heterocycles. The van der Waals surface area contributed by atoms with Crippen LogP contribution < -0.4 is 15.4 Å². The van der Waals surface area contributed by atoms with Gasteiger partial charge in [0.25, 0.3) is 0 Å². The number of cyclic esters (lactones) is 1. The fourth-order valence-corrected chi connectivity index (χ4v) is 5.37. The maximum Gasteiger partial charge on any atom is 0.307 e. The molecule has 0 saturated carbocycles. The number of benzene rings is 2. The van der Waals surface area contributed by atoms with E-state index in [9.17, 15) is 14.0 Å². The van der Waals surface area contributed by atoms with E-state index in [0.717, 1.165) is 38.8 Å². The van der Waals surface area contributed by atoms with Gasteiger partial charge in [-0.25, -0.2) is 14.4 Å². The first-order chi connectivity index (χ1) is 19.4. The predicted octanol–water partition coefficient (Wildman–Crippen LogP) is 5.48. The largest absolute Gasteiger partial charge is 0.491 e. The van der Waals surface area contributed by atoms with Crippen molar-refractivity contribution in [1.29, 1.82) is 0 Å². The Balaban J connectivity index is 1.23. The molecule has 3 heterocycles. The van der Waals surface area contributed by atoms with Crippen LogP contribution in [-0.2, 0) is 14.3 Å². The van der Waals surface area contributed by atoms with Crippen LogP contribution >= 0.6 is 11.6 Å². The van der Waals surface area contributed by atoms with Crippen LogP contribution in [0.1, 0.15) is 32.1 Å². The van der Waals surface area contributed by atoms with Crippen molar-refractivity contribution in [2.75, 3.05) is 36.9 Å². The first kappa shape index (κ1) is 27.8. The van der Waals surface area contributed by atoms with Crippen molar-refractivity contribution in [3.8, 4) is 5.75 Å². The van der Waals surface area contributed by atoms with Crippen molar-refractivity contribution in [3.63, 3.8) is 0 Å². The molecule has 0 bridgehead atoms. The zero-order valence-electron chi connectivity index (χ0n) is 22.0. The molecule has 0 spiro atoms. The number of piperidine rings is 1. The van der Waals surface area contributed by atoms with Crippen molar-refractivity contribution in [3.05, 3.63) is 60.2 Å². The monoisotopic (exact) mass is 567 g/mol. The fraction of sp³-hybridized carbons (Fsp3) is 0.379. The second-order valence-electron chi connectivity index (χ2n) is 10.0. The number of halogens is 2. The second-order valence-corrected chi connectivity index (χ2v) is 10.5. The smallest absolute Gasteiger partial charge is 0.307 e. The molecule has 40 heavy (non-hydrogen) atoms. The summed E-state index contributed by atoms with van der Waals surface area (Å²) in [6, 6.07) is 8.03. The number of nitrogens with zero attached hydrogens (tertiary/aromatic N) is 3. The third kappa shape index (κ3) is 6.68. The van der Waals surface area contributed by atoms with Crippen LogP contribution in [0.5, 0.6) is 5.75 Å². The Morgan fingerprint density at radius 1 is 1.25 bits per heavy atom. The minimum atomic E-state index is -0.515. The summed E-state index contributed by atoms with van der Waals surface area (Å²) < 4.78 is 24.8. The summed E-state index contributed by atoms with van der Waals surface area (Å²) in [7, 11) is 0. The number of rotatable bonds is 10. The van der Waals surface area contributed by atoms with Crippen LogP contribution in [0.15, 0.2) is 49.3 Å². The number of likely N-dealkylation sites (tertiary alicyclic amines) is 1. The van der Waals surface area contributed by atoms with E-state index >= 15 is 0 Å². The summed E-state index contributed by atoms with van der Waals surface area (Å²) in [6.45, 7) is 6.50. The van der Waals surface area contributed by atoms with E-state index in [-0.39, 0.29) is 22.9 Å². The molecule has 210 valence electrons. The third-order valence-corrected chi connectivity index (χ3v) is 7.67. The molecule has 0 radical (unpaired) electrons. The van der Waals surface area contributed by atoms with Crippen molar-refractivity contribution >= 4 is 51.6 Å². The Morgan fingerprint density at radius 3 is 2.80 bits per heavy atom. The van der Waals surface area contributed by atoms with Gasteiger partial charge in [0.05, 0.1) is 35.3 Å². The molecule has 1 unspecified atom stereocenters. The molecule has 2 aromatic carbocycles. The summed E-state index contributed by atoms with van der Waals surface area (Å²) in [5.41, 5.74) is 1.63. The van der Waals surface area contributed by atoms with Crippen molar-refractivity contribution in [2.45, 2.75) is 38.1 Å². The Labute approximate surface area is 236 Å². The van der Waals surface area contributed by atoms with Gasteiger partial charge in [-0.2, -0.15) is 0 Å². The van der Waals surface area contributed by atoms with Gasteiger partial charge in [0.1, 0.15) is 30.3 Å². The molecule has 2 N–H and O–H groups in total. The molecule has 9 nitrogen and oxygen atoms in total. The number of esters is 1. The maximum absolute atomic E-state index is 13.6. The van der Waals surface area contributed by atoms with E-state index < -0.39 is 5.82 Å². The third-order valence-electron chi connectivity index (χ3n) is 7.38. The molecular formula is C29H31ClFN5O4. The van der Waals surface area contributed by atoms with E-state index in [1.165, 1.54) is 24.5 Å². The zero-order valence-corrected chi connectivity index (χ0v) is 22.8. The van der Waals surface area contributed by atoms with Crippen LogP contribution in [0, 0.1) is 11.7 Å². The fourth-order valence-electron chi connectivity index (χ4n) is 5.19. The Kier molecular flexibility index (Phi) is 8.76. The summed E-state index contributed by atoms with van der Waals surface area (Å²) >= 11 is 5.93. The lowest BCUT2D eigenvalue weighted by molar-refractivity contribution is -0.137. The molecule has 2 aliphatic rings. The molecule has 1 aromatic heterocycles. The number of carbonyl (C=O) groups is 2. The topological polar surface area (TPSA) is 106 Å². The molecule has 0 aliphatic carbocycles. The van der Waals surface area contributed by atoms with Crippen molar-refractivity contribution in [2.24, 2.45) is 5.92 Å². The SMILES string of the molecule is C=CC(=O)Nc1cc2c(Nc3ccc(F)c(Cl)c3)ncnc2cc1OCCCC1CCN(C2COC(=O)C2)CC1. The van der Waals surface area contributed by atoms with Gasteiger partial charge in [-0.1, -0.05) is 18.2 Å². The number of aromatic nitrogens is 2. The van der Waals surface area contributed by atoms with E-state index in [4.69, 9.17) is 21.1 Å². The summed E-state index contributed by atoms with van der Waals surface area (Å²) in [6.07, 6.45) is 7.19. The molecule has 1 amide bonds. The quantitative estimate of drug-likeness (QED) is 0.189. The van der Waals surface area contributed by atoms with Crippen LogP contribution in [0.2, 0.25) is 5.02 Å². The molecule has 2 aliphatic heterocycles. The highest BCUT2D eigenvalue weighted by atomic mass is 35.5. The highest BCUT2D eigenvalue weighted by Crippen LogP contribution is 2.34. The molecule has 5 rings (SSSR count).